The lowest BCUT2D eigenvalue weighted by atomic mass is 9.71. The van der Waals surface area contributed by atoms with Crippen molar-refractivity contribution in [3.8, 4) is 0 Å². The number of hydrogen-bond donors (Lipinski definition) is 1. The molecule has 0 saturated heterocycles. The van der Waals surface area contributed by atoms with Gasteiger partial charge in [-0.25, -0.2) is 0 Å². The molecular formula is C25H44O5. The van der Waals surface area contributed by atoms with Crippen LogP contribution in [-0.4, -0.2) is 43.6 Å². The zero-order valence-electron chi connectivity index (χ0n) is 19.4. The molecule has 0 amide bonds. The van der Waals surface area contributed by atoms with Gasteiger partial charge in [0.1, 0.15) is 0 Å². The second-order valence-corrected chi connectivity index (χ2v) is 8.28. The highest BCUT2D eigenvalue weighted by Crippen LogP contribution is 2.38. The summed E-state index contributed by atoms with van der Waals surface area (Å²) in [6.45, 7) is 12.1. The number of aliphatic hydroxyl groups excluding tert-OH is 1. The van der Waals surface area contributed by atoms with Crippen LogP contribution in [0.25, 0.3) is 0 Å². The first-order chi connectivity index (χ1) is 14.5. The molecule has 0 aromatic rings. The number of carbonyl (C=O) groups excluding carboxylic acids is 1. The van der Waals surface area contributed by atoms with Gasteiger partial charge >= 0.3 is 5.97 Å². The molecule has 0 bridgehead atoms. The number of unbranched alkanes of at least 4 members (excludes halogenated alkanes) is 2. The Morgan fingerprint density at radius 3 is 2.60 bits per heavy atom. The third-order valence-corrected chi connectivity index (χ3v) is 5.94. The van der Waals surface area contributed by atoms with E-state index in [1.165, 1.54) is 0 Å². The fourth-order valence-electron chi connectivity index (χ4n) is 4.35. The number of ether oxygens (including phenoxy) is 3. The van der Waals surface area contributed by atoms with E-state index in [9.17, 15) is 4.79 Å². The molecule has 4 atom stereocenters. The van der Waals surface area contributed by atoms with Crippen LogP contribution in [0.1, 0.15) is 78.6 Å². The Bertz CT molecular complexity index is 502. The molecule has 1 aliphatic rings. The summed E-state index contributed by atoms with van der Waals surface area (Å²) in [5.74, 6) is 2.15. The Morgan fingerprint density at radius 1 is 1.13 bits per heavy atom. The quantitative estimate of drug-likeness (QED) is 0.146. The minimum Gasteiger partial charge on any atom is -0.499 e. The average molecular weight is 425 g/mol. The second kappa shape index (κ2) is 16.4. The standard InChI is InChI=1S/C25H44O5/c1-5-28-21(4)16-17-23-22(20(3)12-8-7-9-18-26)13-10-14-24(23)30-19-11-15-25(27)29-6-2/h10,13,20,22-24,26H,4-9,11-12,14-19H2,1-3H3. The molecule has 30 heavy (non-hydrogen) atoms. The van der Waals surface area contributed by atoms with E-state index in [1.807, 2.05) is 13.8 Å². The lowest BCUT2D eigenvalue weighted by Crippen LogP contribution is -2.35. The van der Waals surface area contributed by atoms with E-state index in [0.29, 0.717) is 50.4 Å². The summed E-state index contributed by atoms with van der Waals surface area (Å²) in [7, 11) is 0. The van der Waals surface area contributed by atoms with Crippen molar-refractivity contribution in [2.75, 3.05) is 26.4 Å². The van der Waals surface area contributed by atoms with Crippen molar-refractivity contribution < 1.29 is 24.1 Å². The predicted molar refractivity (Wildman–Crippen MR) is 121 cm³/mol. The van der Waals surface area contributed by atoms with Gasteiger partial charge in [-0.3, -0.25) is 4.79 Å². The van der Waals surface area contributed by atoms with Crippen molar-refractivity contribution in [3.05, 3.63) is 24.5 Å². The number of allylic oxidation sites excluding steroid dienone is 2. The molecule has 4 unspecified atom stereocenters. The van der Waals surface area contributed by atoms with Crippen molar-refractivity contribution in [2.24, 2.45) is 17.8 Å². The molecule has 5 nitrogen and oxygen atoms in total. The molecule has 0 radical (unpaired) electrons. The normalized spacial score (nSPS) is 21.9. The highest BCUT2D eigenvalue weighted by molar-refractivity contribution is 5.69. The van der Waals surface area contributed by atoms with Crippen molar-refractivity contribution >= 4 is 5.97 Å². The monoisotopic (exact) mass is 424 g/mol. The molecule has 0 spiro atoms. The van der Waals surface area contributed by atoms with Crippen molar-refractivity contribution in [3.63, 3.8) is 0 Å². The van der Waals surface area contributed by atoms with Gasteiger partial charge in [0.15, 0.2) is 0 Å². The Hall–Kier alpha value is -1.33. The van der Waals surface area contributed by atoms with Crippen LogP contribution >= 0.6 is 0 Å². The first kappa shape index (κ1) is 26.7. The molecule has 174 valence electrons. The van der Waals surface area contributed by atoms with Gasteiger partial charge in [-0.1, -0.05) is 44.9 Å². The van der Waals surface area contributed by atoms with Gasteiger partial charge in [0.2, 0.25) is 0 Å². The molecular weight excluding hydrogens is 380 g/mol. The van der Waals surface area contributed by atoms with Crippen LogP contribution in [0.2, 0.25) is 0 Å². The van der Waals surface area contributed by atoms with Gasteiger partial charge in [0, 0.05) is 26.1 Å². The summed E-state index contributed by atoms with van der Waals surface area (Å²) in [5, 5.41) is 9.01. The first-order valence-corrected chi connectivity index (χ1v) is 11.9. The molecule has 1 aliphatic carbocycles. The highest BCUT2D eigenvalue weighted by Gasteiger charge is 2.33. The van der Waals surface area contributed by atoms with Crippen LogP contribution in [0.3, 0.4) is 0 Å². The fourth-order valence-corrected chi connectivity index (χ4v) is 4.35. The Labute approximate surface area is 183 Å². The molecule has 1 rings (SSSR count). The molecule has 1 N–H and O–H groups in total. The molecule has 5 heteroatoms. The average Bonchev–Trinajstić information content (AvgIpc) is 2.73. The fraction of sp³-hybridized carbons (Fsp3) is 0.800. The summed E-state index contributed by atoms with van der Waals surface area (Å²) in [6.07, 6.45) is 12.9. The number of esters is 1. The van der Waals surface area contributed by atoms with Crippen LogP contribution in [0.5, 0.6) is 0 Å². The molecule has 0 heterocycles. The van der Waals surface area contributed by atoms with Crippen LogP contribution in [-0.2, 0) is 19.0 Å². The Kier molecular flexibility index (Phi) is 14.6. The highest BCUT2D eigenvalue weighted by atomic mass is 16.5. The van der Waals surface area contributed by atoms with E-state index in [1.54, 1.807) is 0 Å². The summed E-state index contributed by atoms with van der Waals surface area (Å²) < 4.78 is 16.9. The van der Waals surface area contributed by atoms with Crippen molar-refractivity contribution in [1.82, 2.24) is 0 Å². The van der Waals surface area contributed by atoms with E-state index in [2.05, 4.69) is 25.7 Å². The second-order valence-electron chi connectivity index (χ2n) is 8.28. The van der Waals surface area contributed by atoms with Gasteiger partial charge < -0.3 is 19.3 Å². The summed E-state index contributed by atoms with van der Waals surface area (Å²) in [6, 6.07) is 0. The topological polar surface area (TPSA) is 65.0 Å². The minimum atomic E-state index is -0.149. The molecule has 0 fully saturated rings. The largest absolute Gasteiger partial charge is 0.499 e. The smallest absolute Gasteiger partial charge is 0.305 e. The number of aliphatic hydroxyl groups is 1. The maximum Gasteiger partial charge on any atom is 0.305 e. The lowest BCUT2D eigenvalue weighted by Gasteiger charge is -2.38. The first-order valence-electron chi connectivity index (χ1n) is 11.9. The van der Waals surface area contributed by atoms with Crippen LogP contribution < -0.4 is 0 Å². The summed E-state index contributed by atoms with van der Waals surface area (Å²) in [4.78, 5) is 11.6. The summed E-state index contributed by atoms with van der Waals surface area (Å²) >= 11 is 0. The van der Waals surface area contributed by atoms with Gasteiger partial charge in [-0.2, -0.15) is 0 Å². The van der Waals surface area contributed by atoms with E-state index >= 15 is 0 Å². The zero-order chi connectivity index (χ0) is 22.2. The number of carbonyl (C=O) groups is 1. The number of rotatable bonds is 17. The molecule has 0 saturated carbocycles. The van der Waals surface area contributed by atoms with E-state index < -0.39 is 0 Å². The maximum atomic E-state index is 11.6. The Balaban J connectivity index is 2.65. The summed E-state index contributed by atoms with van der Waals surface area (Å²) in [5.41, 5.74) is 0. The predicted octanol–water partition coefficient (Wildman–Crippen LogP) is 5.43. The van der Waals surface area contributed by atoms with E-state index in [-0.39, 0.29) is 18.7 Å². The molecule has 0 aromatic carbocycles. The lowest BCUT2D eigenvalue weighted by molar-refractivity contribution is -0.143. The van der Waals surface area contributed by atoms with Gasteiger partial charge in [0.05, 0.1) is 25.1 Å². The SMILES string of the molecule is C=C(CCC1C(OCCCC(=O)OCC)CC=CC1C(C)CCCCCO)OCC. The van der Waals surface area contributed by atoms with Crippen LogP contribution in [0, 0.1) is 17.8 Å². The molecule has 0 aliphatic heterocycles. The number of hydrogen-bond acceptors (Lipinski definition) is 5. The molecule has 0 aromatic heterocycles. The van der Waals surface area contributed by atoms with Crippen molar-refractivity contribution in [1.29, 1.82) is 0 Å². The zero-order valence-corrected chi connectivity index (χ0v) is 19.4. The minimum absolute atomic E-state index is 0.149. The third-order valence-electron chi connectivity index (χ3n) is 5.94. The third kappa shape index (κ3) is 10.6. The van der Waals surface area contributed by atoms with Crippen LogP contribution in [0.4, 0.5) is 0 Å². The van der Waals surface area contributed by atoms with Gasteiger partial charge in [-0.15, -0.1) is 0 Å². The van der Waals surface area contributed by atoms with Gasteiger partial charge in [-0.05, 0) is 57.3 Å². The Morgan fingerprint density at radius 2 is 1.90 bits per heavy atom. The van der Waals surface area contributed by atoms with E-state index in [0.717, 1.165) is 50.7 Å². The van der Waals surface area contributed by atoms with Gasteiger partial charge in [0.25, 0.3) is 0 Å². The maximum absolute atomic E-state index is 11.6. The van der Waals surface area contributed by atoms with Crippen molar-refractivity contribution in [2.45, 2.75) is 84.7 Å². The van der Waals surface area contributed by atoms with Crippen LogP contribution in [0.15, 0.2) is 24.5 Å². The van der Waals surface area contributed by atoms with E-state index in [4.69, 9.17) is 19.3 Å².